The summed E-state index contributed by atoms with van der Waals surface area (Å²) in [6, 6.07) is 10.6. The minimum Gasteiger partial charge on any atom is -0.385 e. The third-order valence-electron chi connectivity index (χ3n) is 4.96. The normalized spacial score (nSPS) is 29.3. The Morgan fingerprint density at radius 1 is 1.24 bits per heavy atom. The van der Waals surface area contributed by atoms with Crippen LogP contribution in [-0.2, 0) is 0 Å². The topological polar surface area (TPSA) is 58.7 Å². The maximum absolute atomic E-state index is 12.1. The highest BCUT2D eigenvalue weighted by molar-refractivity contribution is 6.06. The van der Waals surface area contributed by atoms with E-state index in [-0.39, 0.29) is 17.6 Å². The van der Waals surface area contributed by atoms with E-state index in [0.717, 1.165) is 25.7 Å². The fourth-order valence-electron chi connectivity index (χ4n) is 3.93. The molecule has 0 bridgehead atoms. The van der Waals surface area contributed by atoms with Crippen molar-refractivity contribution >= 4 is 11.9 Å². The number of aliphatic imine (C=N–C) groups is 1. The third-order valence-corrected chi connectivity index (χ3v) is 4.96. The van der Waals surface area contributed by atoms with Gasteiger partial charge in [-0.25, -0.2) is 4.79 Å². The Hall–Kier alpha value is -1.84. The van der Waals surface area contributed by atoms with Gasteiger partial charge in [0.15, 0.2) is 0 Å². The Morgan fingerprint density at radius 3 is 2.43 bits per heavy atom. The van der Waals surface area contributed by atoms with E-state index in [0.29, 0.717) is 11.8 Å². The second-order valence-electron chi connectivity index (χ2n) is 6.46. The van der Waals surface area contributed by atoms with Gasteiger partial charge in [-0.1, -0.05) is 30.3 Å². The number of rotatable bonds is 2. The zero-order valence-corrected chi connectivity index (χ0v) is 12.7. The molecule has 0 aromatic heterocycles. The summed E-state index contributed by atoms with van der Waals surface area (Å²) >= 11 is 0. The summed E-state index contributed by atoms with van der Waals surface area (Å²) in [5, 5.41) is 0. The number of benzene rings is 1. The number of carbonyl (C=O) groups is 1. The van der Waals surface area contributed by atoms with Gasteiger partial charge in [-0.05, 0) is 51.0 Å². The van der Waals surface area contributed by atoms with Crippen LogP contribution in [0.25, 0.3) is 0 Å². The molecule has 0 atom stereocenters. The highest BCUT2D eigenvalue weighted by Gasteiger charge is 2.51. The Balaban J connectivity index is 1.80. The molecule has 2 amide bonds. The Kier molecular flexibility index (Phi) is 3.47. The summed E-state index contributed by atoms with van der Waals surface area (Å²) < 4.78 is 0. The zero-order valence-electron chi connectivity index (χ0n) is 12.7. The SMILES string of the molecule is CC(C)N1C(=O)N=C(N)C12CCC(c1ccccc1)CC2. The van der Waals surface area contributed by atoms with E-state index in [1.807, 2.05) is 18.7 Å². The summed E-state index contributed by atoms with van der Waals surface area (Å²) in [5.74, 6) is 1.09. The molecular weight excluding hydrogens is 262 g/mol. The first-order valence-electron chi connectivity index (χ1n) is 7.77. The van der Waals surface area contributed by atoms with Gasteiger partial charge in [-0.2, -0.15) is 4.99 Å². The molecule has 0 radical (unpaired) electrons. The molecule has 0 unspecified atom stereocenters. The molecule has 1 heterocycles. The van der Waals surface area contributed by atoms with Gasteiger partial charge in [0.2, 0.25) is 0 Å². The molecule has 2 aliphatic rings. The van der Waals surface area contributed by atoms with E-state index in [4.69, 9.17) is 5.73 Å². The van der Waals surface area contributed by atoms with E-state index < -0.39 is 0 Å². The van der Waals surface area contributed by atoms with Crippen molar-refractivity contribution in [1.29, 1.82) is 0 Å². The molecule has 1 spiro atoms. The Morgan fingerprint density at radius 2 is 1.86 bits per heavy atom. The van der Waals surface area contributed by atoms with Gasteiger partial charge >= 0.3 is 6.03 Å². The van der Waals surface area contributed by atoms with Crippen LogP contribution in [0.15, 0.2) is 35.3 Å². The van der Waals surface area contributed by atoms with Gasteiger partial charge in [-0.15, -0.1) is 0 Å². The molecule has 1 saturated carbocycles. The smallest absolute Gasteiger partial charge is 0.346 e. The number of amidine groups is 1. The lowest BCUT2D eigenvalue weighted by Crippen LogP contribution is -2.58. The molecule has 1 aliphatic carbocycles. The van der Waals surface area contributed by atoms with Crippen LogP contribution in [0, 0.1) is 0 Å². The summed E-state index contributed by atoms with van der Waals surface area (Å²) in [5.41, 5.74) is 7.19. The van der Waals surface area contributed by atoms with Crippen molar-refractivity contribution in [3.8, 4) is 0 Å². The highest BCUT2D eigenvalue weighted by atomic mass is 16.2. The molecule has 112 valence electrons. The van der Waals surface area contributed by atoms with Gasteiger partial charge in [0, 0.05) is 6.04 Å². The van der Waals surface area contributed by atoms with Crippen LogP contribution in [0.2, 0.25) is 0 Å². The number of hydrogen-bond donors (Lipinski definition) is 1. The van der Waals surface area contributed by atoms with Gasteiger partial charge in [0.25, 0.3) is 0 Å². The van der Waals surface area contributed by atoms with Crippen LogP contribution in [-0.4, -0.2) is 28.3 Å². The zero-order chi connectivity index (χ0) is 15.0. The van der Waals surface area contributed by atoms with E-state index in [1.165, 1.54) is 5.56 Å². The number of hydrogen-bond acceptors (Lipinski definition) is 2. The lowest BCUT2D eigenvalue weighted by Gasteiger charge is -2.45. The molecule has 0 saturated heterocycles. The molecular formula is C17H23N3O. The minimum atomic E-state index is -0.337. The van der Waals surface area contributed by atoms with Crippen molar-refractivity contribution in [3.05, 3.63) is 35.9 Å². The summed E-state index contributed by atoms with van der Waals surface area (Å²) in [6.07, 6.45) is 3.92. The number of amides is 2. The van der Waals surface area contributed by atoms with Crippen molar-refractivity contribution in [2.75, 3.05) is 0 Å². The maximum atomic E-state index is 12.1. The fourth-order valence-corrected chi connectivity index (χ4v) is 3.93. The van der Waals surface area contributed by atoms with Gasteiger partial charge in [-0.3, -0.25) is 0 Å². The largest absolute Gasteiger partial charge is 0.385 e. The van der Waals surface area contributed by atoms with Gasteiger partial charge < -0.3 is 10.6 Å². The van der Waals surface area contributed by atoms with Crippen molar-refractivity contribution in [1.82, 2.24) is 4.90 Å². The van der Waals surface area contributed by atoms with Crippen LogP contribution in [0.5, 0.6) is 0 Å². The lowest BCUT2D eigenvalue weighted by atomic mass is 9.72. The van der Waals surface area contributed by atoms with Crippen LogP contribution < -0.4 is 5.73 Å². The average molecular weight is 285 g/mol. The molecule has 2 N–H and O–H groups in total. The quantitative estimate of drug-likeness (QED) is 0.906. The van der Waals surface area contributed by atoms with Crippen molar-refractivity contribution < 1.29 is 4.79 Å². The Bertz CT molecular complexity index is 557. The molecule has 4 nitrogen and oxygen atoms in total. The molecule has 1 aliphatic heterocycles. The van der Waals surface area contributed by atoms with E-state index in [1.54, 1.807) is 0 Å². The molecule has 3 rings (SSSR count). The summed E-state index contributed by atoms with van der Waals surface area (Å²) in [6.45, 7) is 4.08. The number of nitrogens with zero attached hydrogens (tertiary/aromatic N) is 2. The van der Waals surface area contributed by atoms with Gasteiger partial charge in [0.1, 0.15) is 11.4 Å². The molecule has 21 heavy (non-hydrogen) atoms. The highest BCUT2D eigenvalue weighted by Crippen LogP contribution is 2.44. The molecule has 1 aromatic rings. The van der Waals surface area contributed by atoms with Crippen molar-refractivity contribution in [3.63, 3.8) is 0 Å². The number of carbonyl (C=O) groups excluding carboxylic acids is 1. The van der Waals surface area contributed by atoms with Crippen molar-refractivity contribution in [2.45, 2.75) is 57.0 Å². The predicted molar refractivity (Wildman–Crippen MR) is 84.4 cm³/mol. The Labute approximate surface area is 126 Å². The molecule has 1 fully saturated rings. The summed E-state index contributed by atoms with van der Waals surface area (Å²) in [4.78, 5) is 18.0. The van der Waals surface area contributed by atoms with Crippen LogP contribution in [0.3, 0.4) is 0 Å². The van der Waals surface area contributed by atoms with E-state index in [2.05, 4.69) is 35.3 Å². The number of urea groups is 1. The van der Waals surface area contributed by atoms with Crippen LogP contribution >= 0.6 is 0 Å². The minimum absolute atomic E-state index is 0.135. The second-order valence-corrected chi connectivity index (χ2v) is 6.46. The van der Waals surface area contributed by atoms with E-state index >= 15 is 0 Å². The fraction of sp³-hybridized carbons (Fsp3) is 0.529. The summed E-state index contributed by atoms with van der Waals surface area (Å²) in [7, 11) is 0. The monoisotopic (exact) mass is 285 g/mol. The predicted octanol–water partition coefficient (Wildman–Crippen LogP) is 3.28. The maximum Gasteiger partial charge on any atom is 0.346 e. The van der Waals surface area contributed by atoms with E-state index in [9.17, 15) is 4.79 Å². The average Bonchev–Trinajstić information content (AvgIpc) is 2.71. The molecule has 1 aromatic carbocycles. The van der Waals surface area contributed by atoms with Crippen LogP contribution in [0.4, 0.5) is 4.79 Å². The number of nitrogens with two attached hydrogens (primary N) is 1. The first kappa shape index (κ1) is 14.1. The molecule has 4 heteroatoms. The third kappa shape index (κ3) is 2.23. The standard InChI is InChI=1S/C17H23N3O/c1-12(2)20-16(21)19-15(18)17(20)10-8-14(9-11-17)13-6-4-3-5-7-13/h3-7,12,14H,8-11H2,1-2H3,(H2,18,19,21). The first-order chi connectivity index (χ1) is 10.0. The lowest BCUT2D eigenvalue weighted by molar-refractivity contribution is 0.114. The second kappa shape index (κ2) is 5.17. The van der Waals surface area contributed by atoms with Crippen LogP contribution in [0.1, 0.15) is 51.0 Å². The first-order valence-corrected chi connectivity index (χ1v) is 7.77. The van der Waals surface area contributed by atoms with Crippen molar-refractivity contribution in [2.24, 2.45) is 10.7 Å². The van der Waals surface area contributed by atoms with Gasteiger partial charge in [0.05, 0.1) is 0 Å².